The van der Waals surface area contributed by atoms with Gasteiger partial charge in [0.15, 0.2) is 0 Å². The first-order chi connectivity index (χ1) is 10.3. The van der Waals surface area contributed by atoms with Gasteiger partial charge in [-0.1, -0.05) is 29.8 Å². The van der Waals surface area contributed by atoms with Gasteiger partial charge in [0.1, 0.15) is 0 Å². The third-order valence-electron chi connectivity index (χ3n) is 2.48. The van der Waals surface area contributed by atoms with E-state index < -0.39 is 10.0 Å². The van der Waals surface area contributed by atoms with Gasteiger partial charge in [0.05, 0.1) is 10.6 Å². The number of benzene rings is 1. The van der Waals surface area contributed by atoms with Gasteiger partial charge in [0, 0.05) is 15.8 Å². The molecule has 7 heteroatoms. The van der Waals surface area contributed by atoms with E-state index in [-0.39, 0.29) is 10.8 Å². The second-order valence-corrected chi connectivity index (χ2v) is 7.68. The van der Waals surface area contributed by atoms with Crippen LogP contribution in [0.1, 0.15) is 6.92 Å². The zero-order chi connectivity index (χ0) is 16.8. The van der Waals surface area contributed by atoms with Gasteiger partial charge >= 0.3 is 0 Å². The van der Waals surface area contributed by atoms with Crippen LogP contribution in [0.4, 0.5) is 5.69 Å². The first-order valence-corrected chi connectivity index (χ1v) is 9.88. The van der Waals surface area contributed by atoms with Gasteiger partial charge in [-0.05, 0) is 43.5 Å². The van der Waals surface area contributed by atoms with Gasteiger partial charge in [-0.25, -0.2) is 8.42 Å². The Kier molecular flexibility index (Phi) is 7.56. The van der Waals surface area contributed by atoms with Crippen LogP contribution in [-0.4, -0.2) is 20.6 Å². The molecule has 1 aromatic rings. The SMILES string of the molecule is C=C(C)/C=C(\C=C/CCl)S(=O)(=O)Nc1cc(Cl)ccc1SC. The Balaban J connectivity index is 3.25. The summed E-state index contributed by atoms with van der Waals surface area (Å²) in [7, 11) is -3.76. The summed E-state index contributed by atoms with van der Waals surface area (Å²) in [4.78, 5) is 0.872. The highest BCUT2D eigenvalue weighted by molar-refractivity contribution is 7.99. The fourth-order valence-corrected chi connectivity index (χ4v) is 3.65. The second-order valence-electron chi connectivity index (χ2n) is 4.40. The summed E-state index contributed by atoms with van der Waals surface area (Å²) in [5, 5.41) is 0.456. The maximum atomic E-state index is 12.6. The molecule has 0 atom stereocenters. The maximum Gasteiger partial charge on any atom is 0.261 e. The van der Waals surface area contributed by atoms with E-state index in [1.165, 1.54) is 23.9 Å². The third-order valence-corrected chi connectivity index (χ3v) is 5.05. The van der Waals surface area contributed by atoms with Crippen molar-refractivity contribution in [3.05, 3.63) is 58.5 Å². The fourth-order valence-electron chi connectivity index (χ4n) is 1.58. The molecule has 3 nitrogen and oxygen atoms in total. The first-order valence-electron chi connectivity index (χ1n) is 6.26. The quantitative estimate of drug-likeness (QED) is 0.410. The lowest BCUT2D eigenvalue weighted by molar-refractivity contribution is 0.607. The van der Waals surface area contributed by atoms with Crippen molar-refractivity contribution >= 4 is 50.7 Å². The monoisotopic (exact) mass is 377 g/mol. The number of anilines is 1. The normalized spacial score (nSPS) is 12.6. The lowest BCUT2D eigenvalue weighted by atomic mass is 10.3. The molecule has 1 N–H and O–H groups in total. The van der Waals surface area contributed by atoms with Crippen LogP contribution < -0.4 is 4.72 Å². The van der Waals surface area contributed by atoms with E-state index >= 15 is 0 Å². The Morgan fingerprint density at radius 1 is 1.45 bits per heavy atom. The molecule has 0 saturated carbocycles. The van der Waals surface area contributed by atoms with Crippen LogP contribution in [0.15, 0.2) is 58.4 Å². The number of halogens is 2. The fraction of sp³-hybridized carbons (Fsp3) is 0.200. The van der Waals surface area contributed by atoms with Gasteiger partial charge in [-0.3, -0.25) is 4.72 Å². The summed E-state index contributed by atoms with van der Waals surface area (Å²) >= 11 is 13.0. The summed E-state index contributed by atoms with van der Waals surface area (Å²) < 4.78 is 27.7. The van der Waals surface area contributed by atoms with Crippen LogP contribution in [-0.2, 0) is 10.0 Å². The minimum absolute atomic E-state index is 0.0904. The number of thioether (sulfide) groups is 1. The second kappa shape index (κ2) is 8.67. The van der Waals surface area contributed by atoms with E-state index in [1.807, 2.05) is 6.26 Å². The number of hydrogen-bond donors (Lipinski definition) is 1. The highest BCUT2D eigenvalue weighted by Gasteiger charge is 2.17. The number of alkyl halides is 1. The summed E-state index contributed by atoms with van der Waals surface area (Å²) in [6, 6.07) is 5.05. The first kappa shape index (κ1) is 19.2. The average molecular weight is 378 g/mol. The van der Waals surface area contributed by atoms with Crippen molar-refractivity contribution in [2.24, 2.45) is 0 Å². The minimum atomic E-state index is -3.76. The summed E-state index contributed by atoms with van der Waals surface area (Å²) in [6.45, 7) is 5.43. The number of hydrogen-bond acceptors (Lipinski definition) is 3. The van der Waals surface area contributed by atoms with Crippen LogP contribution in [0.5, 0.6) is 0 Å². The summed E-state index contributed by atoms with van der Waals surface area (Å²) in [6.07, 6.45) is 6.35. The third kappa shape index (κ3) is 5.72. The molecule has 0 aliphatic carbocycles. The van der Waals surface area contributed by atoms with E-state index in [1.54, 1.807) is 31.2 Å². The topological polar surface area (TPSA) is 46.2 Å². The smallest absolute Gasteiger partial charge is 0.261 e. The Bertz CT molecular complexity index is 710. The molecule has 0 aliphatic heterocycles. The Morgan fingerprint density at radius 2 is 2.14 bits per heavy atom. The predicted molar refractivity (Wildman–Crippen MR) is 98.5 cm³/mol. The van der Waals surface area contributed by atoms with Crippen molar-refractivity contribution in [3.8, 4) is 0 Å². The standard InChI is InChI=1S/C15H17Cl2NO2S2/c1-11(2)9-13(5-4-8-16)22(19,20)18-14-10-12(17)6-7-15(14)21-3/h4-7,9-10,18H,1,8H2,2-3H3/b5-4-,13-9+. The molecule has 0 unspecified atom stereocenters. The van der Waals surface area contributed by atoms with Crippen molar-refractivity contribution in [1.29, 1.82) is 0 Å². The van der Waals surface area contributed by atoms with Gasteiger partial charge < -0.3 is 0 Å². The van der Waals surface area contributed by atoms with Gasteiger partial charge in [-0.2, -0.15) is 0 Å². The molecule has 120 valence electrons. The zero-order valence-electron chi connectivity index (χ0n) is 12.3. The largest absolute Gasteiger partial charge is 0.278 e. The molecule has 0 spiro atoms. The highest BCUT2D eigenvalue weighted by Crippen LogP contribution is 2.30. The van der Waals surface area contributed by atoms with E-state index in [4.69, 9.17) is 23.2 Å². The van der Waals surface area contributed by atoms with Crippen LogP contribution in [0.3, 0.4) is 0 Å². The van der Waals surface area contributed by atoms with E-state index in [9.17, 15) is 8.42 Å². The van der Waals surface area contributed by atoms with Crippen LogP contribution in [0.25, 0.3) is 0 Å². The van der Waals surface area contributed by atoms with Crippen molar-refractivity contribution in [3.63, 3.8) is 0 Å². The predicted octanol–water partition coefficient (Wildman–Crippen LogP) is 5.06. The lowest BCUT2D eigenvalue weighted by Gasteiger charge is -2.12. The average Bonchev–Trinajstić information content (AvgIpc) is 2.42. The molecule has 0 bridgehead atoms. The Labute approximate surface area is 146 Å². The molecule has 0 saturated heterocycles. The molecule has 0 aromatic heterocycles. The molecule has 0 amide bonds. The van der Waals surface area contributed by atoms with Gasteiger partial charge in [0.2, 0.25) is 0 Å². The molecule has 0 radical (unpaired) electrons. The van der Waals surface area contributed by atoms with Crippen LogP contribution in [0, 0.1) is 0 Å². The van der Waals surface area contributed by atoms with E-state index in [2.05, 4.69) is 11.3 Å². The Morgan fingerprint density at radius 3 is 2.68 bits per heavy atom. The summed E-state index contributed by atoms with van der Waals surface area (Å²) in [5.74, 6) is 0.219. The number of allylic oxidation sites excluding steroid dienone is 4. The molecule has 0 aliphatic rings. The molecule has 1 rings (SSSR count). The molecular weight excluding hydrogens is 361 g/mol. The minimum Gasteiger partial charge on any atom is -0.278 e. The van der Waals surface area contributed by atoms with Crippen molar-refractivity contribution in [1.82, 2.24) is 0 Å². The molecule has 22 heavy (non-hydrogen) atoms. The van der Waals surface area contributed by atoms with Crippen LogP contribution >= 0.6 is 35.0 Å². The number of sulfonamides is 1. The highest BCUT2D eigenvalue weighted by atomic mass is 35.5. The van der Waals surface area contributed by atoms with Crippen LogP contribution in [0.2, 0.25) is 5.02 Å². The van der Waals surface area contributed by atoms with Gasteiger partial charge in [-0.15, -0.1) is 23.4 Å². The summed E-state index contributed by atoms with van der Waals surface area (Å²) in [5.41, 5.74) is 1.06. The number of nitrogens with one attached hydrogen (secondary N) is 1. The molecule has 0 fully saturated rings. The number of rotatable bonds is 7. The maximum absolute atomic E-state index is 12.6. The lowest BCUT2D eigenvalue weighted by Crippen LogP contribution is -2.15. The van der Waals surface area contributed by atoms with Crippen molar-refractivity contribution in [2.75, 3.05) is 16.9 Å². The van der Waals surface area contributed by atoms with E-state index in [0.29, 0.717) is 16.3 Å². The Hall–Kier alpha value is -0.880. The molecule has 0 heterocycles. The zero-order valence-corrected chi connectivity index (χ0v) is 15.4. The van der Waals surface area contributed by atoms with Gasteiger partial charge in [0.25, 0.3) is 10.0 Å². The molecular formula is C15H17Cl2NO2S2. The van der Waals surface area contributed by atoms with E-state index in [0.717, 1.165) is 4.90 Å². The van der Waals surface area contributed by atoms with Crippen molar-refractivity contribution < 1.29 is 8.42 Å². The molecule has 1 aromatic carbocycles. The van der Waals surface area contributed by atoms with Crippen molar-refractivity contribution in [2.45, 2.75) is 11.8 Å².